The van der Waals surface area contributed by atoms with Crippen LogP contribution in [0.5, 0.6) is 5.75 Å². The Morgan fingerprint density at radius 2 is 1.95 bits per heavy atom. The summed E-state index contributed by atoms with van der Waals surface area (Å²) in [5, 5.41) is 14.5. The molecule has 3 rings (SSSR count). The normalized spacial score (nSPS) is 10.5. The van der Waals surface area contributed by atoms with Gasteiger partial charge in [-0.15, -0.1) is 5.10 Å². The zero-order valence-corrected chi connectivity index (χ0v) is 11.4. The molecular weight excluding hydrogens is 276 g/mol. The van der Waals surface area contributed by atoms with Crippen molar-refractivity contribution < 1.29 is 4.74 Å². The van der Waals surface area contributed by atoms with Gasteiger partial charge in [0, 0.05) is 16.1 Å². The molecule has 0 fully saturated rings. The number of rotatable bonds is 3. The second-order valence-corrected chi connectivity index (χ2v) is 4.61. The number of benzene rings is 2. The molecule has 20 heavy (non-hydrogen) atoms. The van der Waals surface area contributed by atoms with Crippen LogP contribution in [0.4, 0.5) is 0 Å². The van der Waals surface area contributed by atoms with Crippen molar-refractivity contribution in [1.82, 2.24) is 20.6 Å². The maximum absolute atomic E-state index is 6.07. The highest BCUT2D eigenvalue weighted by atomic mass is 35.5. The van der Waals surface area contributed by atoms with E-state index in [1.165, 1.54) is 0 Å². The van der Waals surface area contributed by atoms with Crippen LogP contribution in [0.2, 0.25) is 5.02 Å². The van der Waals surface area contributed by atoms with Crippen molar-refractivity contribution in [2.45, 2.75) is 0 Å². The van der Waals surface area contributed by atoms with Gasteiger partial charge in [-0.1, -0.05) is 29.8 Å². The van der Waals surface area contributed by atoms with E-state index in [2.05, 4.69) is 20.6 Å². The molecule has 6 heteroatoms. The number of halogens is 1. The number of aromatic amines is 1. The van der Waals surface area contributed by atoms with Gasteiger partial charge in [-0.3, -0.25) is 0 Å². The van der Waals surface area contributed by atoms with Crippen molar-refractivity contribution in [3.63, 3.8) is 0 Å². The molecule has 0 saturated carbocycles. The molecule has 0 bridgehead atoms. The van der Waals surface area contributed by atoms with Gasteiger partial charge in [0.2, 0.25) is 0 Å². The zero-order valence-electron chi connectivity index (χ0n) is 10.7. The summed E-state index contributed by atoms with van der Waals surface area (Å²) in [6.45, 7) is 0. The van der Waals surface area contributed by atoms with Gasteiger partial charge in [0.05, 0.1) is 7.11 Å². The highest BCUT2D eigenvalue weighted by Crippen LogP contribution is 2.33. The molecule has 100 valence electrons. The van der Waals surface area contributed by atoms with E-state index >= 15 is 0 Å². The van der Waals surface area contributed by atoms with Crippen LogP contribution in [-0.4, -0.2) is 27.7 Å². The van der Waals surface area contributed by atoms with Crippen LogP contribution >= 0.6 is 11.6 Å². The Balaban J connectivity index is 2.11. The fourth-order valence-electron chi connectivity index (χ4n) is 2.02. The third-order valence-electron chi connectivity index (χ3n) is 2.95. The Morgan fingerprint density at radius 3 is 2.70 bits per heavy atom. The Morgan fingerprint density at radius 1 is 1.10 bits per heavy atom. The minimum Gasteiger partial charge on any atom is -0.496 e. The average molecular weight is 287 g/mol. The molecule has 5 nitrogen and oxygen atoms in total. The number of ether oxygens (including phenoxy) is 1. The summed E-state index contributed by atoms with van der Waals surface area (Å²) in [5.41, 5.74) is 2.81. The fraction of sp³-hybridized carbons (Fsp3) is 0.0714. The van der Waals surface area contributed by atoms with Crippen molar-refractivity contribution in [1.29, 1.82) is 0 Å². The molecule has 2 aromatic carbocycles. The Bertz CT molecular complexity index is 728. The van der Waals surface area contributed by atoms with E-state index < -0.39 is 0 Å². The summed E-state index contributed by atoms with van der Waals surface area (Å²) in [4.78, 5) is 0. The fourth-order valence-corrected chi connectivity index (χ4v) is 2.19. The molecule has 0 spiro atoms. The molecule has 3 aromatic rings. The molecule has 1 heterocycles. The minimum absolute atomic E-state index is 0.618. The number of hydrogen-bond acceptors (Lipinski definition) is 4. The Hall–Kier alpha value is -2.40. The van der Waals surface area contributed by atoms with Gasteiger partial charge in [-0.05, 0) is 40.3 Å². The number of nitrogens with one attached hydrogen (secondary N) is 1. The summed E-state index contributed by atoms with van der Waals surface area (Å²) < 4.78 is 5.38. The first-order valence-electron chi connectivity index (χ1n) is 5.96. The van der Waals surface area contributed by atoms with E-state index in [0.29, 0.717) is 10.8 Å². The maximum Gasteiger partial charge on any atom is 0.179 e. The molecule has 0 aliphatic heterocycles. The van der Waals surface area contributed by atoms with Crippen molar-refractivity contribution in [3.05, 3.63) is 47.5 Å². The lowest BCUT2D eigenvalue weighted by Crippen LogP contribution is -1.89. The third-order valence-corrected chi connectivity index (χ3v) is 3.19. The van der Waals surface area contributed by atoms with Gasteiger partial charge in [0.1, 0.15) is 5.75 Å². The number of nitrogens with zero attached hydrogens (tertiary/aromatic N) is 3. The Kier molecular flexibility index (Phi) is 3.35. The lowest BCUT2D eigenvalue weighted by atomic mass is 10.0. The molecule has 0 radical (unpaired) electrons. The van der Waals surface area contributed by atoms with E-state index in [4.69, 9.17) is 16.3 Å². The minimum atomic E-state index is 0.618. The predicted octanol–water partition coefficient (Wildman–Crippen LogP) is 3.20. The summed E-state index contributed by atoms with van der Waals surface area (Å²) >= 11 is 6.07. The van der Waals surface area contributed by atoms with Crippen molar-refractivity contribution in [3.8, 4) is 28.3 Å². The third kappa shape index (κ3) is 2.35. The summed E-state index contributed by atoms with van der Waals surface area (Å²) in [6, 6.07) is 13.4. The van der Waals surface area contributed by atoms with Gasteiger partial charge in [-0.2, -0.15) is 0 Å². The maximum atomic E-state index is 6.07. The SMILES string of the molecule is COc1ccc(Cl)cc1-c1cccc(-c2nnn[nH]2)c1. The highest BCUT2D eigenvalue weighted by molar-refractivity contribution is 6.31. The van der Waals surface area contributed by atoms with Gasteiger partial charge in [0.15, 0.2) is 5.82 Å². The lowest BCUT2D eigenvalue weighted by Gasteiger charge is -2.10. The monoisotopic (exact) mass is 286 g/mol. The number of H-pyrrole nitrogens is 1. The summed E-state index contributed by atoms with van der Waals surface area (Å²) in [7, 11) is 1.64. The van der Waals surface area contributed by atoms with Crippen LogP contribution in [0.3, 0.4) is 0 Å². The molecular formula is C14H11ClN4O. The summed E-state index contributed by atoms with van der Waals surface area (Å²) in [5.74, 6) is 1.38. The van der Waals surface area contributed by atoms with E-state index in [9.17, 15) is 0 Å². The first-order chi connectivity index (χ1) is 9.78. The first kappa shape index (κ1) is 12.6. The van der Waals surface area contributed by atoms with Crippen molar-refractivity contribution in [2.24, 2.45) is 0 Å². The number of tetrazole rings is 1. The number of aromatic nitrogens is 4. The molecule has 0 aliphatic carbocycles. The van der Waals surface area contributed by atoms with Crippen LogP contribution in [0.15, 0.2) is 42.5 Å². The van der Waals surface area contributed by atoms with E-state index in [1.807, 2.05) is 36.4 Å². The van der Waals surface area contributed by atoms with Gasteiger partial charge >= 0.3 is 0 Å². The summed E-state index contributed by atoms with van der Waals surface area (Å²) in [6.07, 6.45) is 0. The van der Waals surface area contributed by atoms with Crippen LogP contribution in [0.25, 0.3) is 22.5 Å². The van der Waals surface area contributed by atoms with Crippen LogP contribution < -0.4 is 4.74 Å². The van der Waals surface area contributed by atoms with Crippen molar-refractivity contribution >= 4 is 11.6 Å². The zero-order chi connectivity index (χ0) is 13.9. The average Bonchev–Trinajstić information content (AvgIpc) is 3.01. The predicted molar refractivity (Wildman–Crippen MR) is 76.6 cm³/mol. The topological polar surface area (TPSA) is 63.7 Å². The van der Waals surface area contributed by atoms with E-state index in [1.54, 1.807) is 13.2 Å². The first-order valence-corrected chi connectivity index (χ1v) is 6.34. The van der Waals surface area contributed by atoms with E-state index in [-0.39, 0.29) is 0 Å². The molecule has 0 atom stereocenters. The number of methoxy groups -OCH3 is 1. The van der Waals surface area contributed by atoms with E-state index in [0.717, 1.165) is 22.4 Å². The molecule has 0 saturated heterocycles. The van der Waals surface area contributed by atoms with Crippen LogP contribution in [0.1, 0.15) is 0 Å². The molecule has 0 unspecified atom stereocenters. The molecule has 0 aliphatic rings. The van der Waals surface area contributed by atoms with Crippen molar-refractivity contribution in [2.75, 3.05) is 7.11 Å². The molecule has 0 amide bonds. The highest BCUT2D eigenvalue weighted by Gasteiger charge is 2.09. The second kappa shape index (κ2) is 5.30. The smallest absolute Gasteiger partial charge is 0.179 e. The van der Waals surface area contributed by atoms with Gasteiger partial charge < -0.3 is 4.74 Å². The lowest BCUT2D eigenvalue weighted by molar-refractivity contribution is 0.416. The Labute approximate surface area is 120 Å². The molecule has 1 N–H and O–H groups in total. The quantitative estimate of drug-likeness (QED) is 0.803. The molecule has 1 aromatic heterocycles. The standard InChI is InChI=1S/C14H11ClN4O/c1-20-13-6-5-11(15)8-12(13)9-3-2-4-10(7-9)14-16-18-19-17-14/h2-8H,1H3,(H,16,17,18,19). The van der Waals surface area contributed by atoms with Gasteiger partial charge in [0.25, 0.3) is 0 Å². The number of hydrogen-bond donors (Lipinski definition) is 1. The second-order valence-electron chi connectivity index (χ2n) is 4.18. The largest absolute Gasteiger partial charge is 0.496 e. The van der Waals surface area contributed by atoms with Crippen LogP contribution in [0, 0.1) is 0 Å². The van der Waals surface area contributed by atoms with Crippen LogP contribution in [-0.2, 0) is 0 Å². The van der Waals surface area contributed by atoms with Gasteiger partial charge in [-0.25, -0.2) is 5.10 Å².